The summed E-state index contributed by atoms with van der Waals surface area (Å²) >= 11 is 0. The summed E-state index contributed by atoms with van der Waals surface area (Å²) in [5.41, 5.74) is 2.61. The summed E-state index contributed by atoms with van der Waals surface area (Å²) in [6.07, 6.45) is 1.84. The highest BCUT2D eigenvalue weighted by Crippen LogP contribution is 2.18. The molecule has 0 radical (unpaired) electrons. The fourth-order valence-corrected chi connectivity index (χ4v) is 3.49. The van der Waals surface area contributed by atoms with Gasteiger partial charge in [-0.15, -0.1) is 0 Å². The highest BCUT2D eigenvalue weighted by molar-refractivity contribution is 5.82. The first kappa shape index (κ1) is 14.5. The number of nitrogens with one attached hydrogen (secondary N) is 2. The number of rotatable bonds is 2. The Morgan fingerprint density at radius 1 is 1.33 bits per heavy atom. The van der Waals surface area contributed by atoms with E-state index in [2.05, 4.69) is 53.8 Å². The van der Waals surface area contributed by atoms with Gasteiger partial charge < -0.3 is 15.5 Å². The smallest absolute Gasteiger partial charge is 0.237 e. The summed E-state index contributed by atoms with van der Waals surface area (Å²) in [5.74, 6) is 0.675. The standard InChI is InChI=1S/C17H25N3O/c1-12-11-20(2)8-7-15(12)19-17(21)16-9-13-5-3-4-6-14(13)10-18-16/h3-6,12,15-16,18H,7-11H2,1-2H3,(H,19,21)/t12?,15?,16-/m1/s1. The van der Waals surface area contributed by atoms with Gasteiger partial charge in [0.05, 0.1) is 6.04 Å². The van der Waals surface area contributed by atoms with E-state index in [1.807, 2.05) is 0 Å². The maximum Gasteiger partial charge on any atom is 0.237 e. The van der Waals surface area contributed by atoms with E-state index >= 15 is 0 Å². The summed E-state index contributed by atoms with van der Waals surface area (Å²) < 4.78 is 0. The molecule has 114 valence electrons. The zero-order valence-electron chi connectivity index (χ0n) is 12.9. The molecule has 0 aromatic heterocycles. The summed E-state index contributed by atoms with van der Waals surface area (Å²) in [5, 5.41) is 6.63. The lowest BCUT2D eigenvalue weighted by Crippen LogP contribution is -2.55. The largest absolute Gasteiger partial charge is 0.352 e. The van der Waals surface area contributed by atoms with E-state index in [0.717, 1.165) is 32.5 Å². The van der Waals surface area contributed by atoms with Crippen molar-refractivity contribution in [2.45, 2.75) is 38.4 Å². The second-order valence-electron chi connectivity index (χ2n) is 6.55. The third kappa shape index (κ3) is 3.27. The highest BCUT2D eigenvalue weighted by Gasteiger charge is 2.29. The first-order valence-corrected chi connectivity index (χ1v) is 7.92. The van der Waals surface area contributed by atoms with Crippen LogP contribution in [0.2, 0.25) is 0 Å². The molecule has 1 aromatic rings. The Hall–Kier alpha value is -1.39. The van der Waals surface area contributed by atoms with E-state index in [4.69, 9.17) is 0 Å². The van der Waals surface area contributed by atoms with E-state index in [1.54, 1.807) is 0 Å². The lowest BCUT2D eigenvalue weighted by Gasteiger charge is -2.36. The molecule has 2 aliphatic rings. The number of nitrogens with zero attached hydrogens (tertiary/aromatic N) is 1. The maximum absolute atomic E-state index is 12.5. The van der Waals surface area contributed by atoms with Crippen molar-refractivity contribution < 1.29 is 4.79 Å². The SMILES string of the molecule is CC1CN(C)CCC1NC(=O)[C@H]1Cc2ccccc2CN1. The molecule has 0 spiro atoms. The van der Waals surface area contributed by atoms with Crippen LogP contribution in [0.1, 0.15) is 24.5 Å². The number of piperidine rings is 1. The molecule has 2 heterocycles. The van der Waals surface area contributed by atoms with E-state index in [9.17, 15) is 4.79 Å². The third-order valence-electron chi connectivity index (χ3n) is 4.83. The number of benzene rings is 1. The van der Waals surface area contributed by atoms with Crippen LogP contribution < -0.4 is 10.6 Å². The van der Waals surface area contributed by atoms with Crippen molar-refractivity contribution in [3.8, 4) is 0 Å². The number of carbonyl (C=O) groups excluding carboxylic acids is 1. The van der Waals surface area contributed by atoms with Crippen LogP contribution in [0.5, 0.6) is 0 Å². The number of carbonyl (C=O) groups is 1. The van der Waals surface area contributed by atoms with Crippen LogP contribution in [0.15, 0.2) is 24.3 Å². The molecule has 2 aliphatic heterocycles. The van der Waals surface area contributed by atoms with Crippen LogP contribution >= 0.6 is 0 Å². The molecule has 0 aliphatic carbocycles. The van der Waals surface area contributed by atoms with Crippen molar-refractivity contribution >= 4 is 5.91 Å². The van der Waals surface area contributed by atoms with Crippen molar-refractivity contribution in [3.05, 3.63) is 35.4 Å². The lowest BCUT2D eigenvalue weighted by molar-refractivity contribution is -0.124. The molecule has 4 heteroatoms. The van der Waals surface area contributed by atoms with Gasteiger partial charge >= 0.3 is 0 Å². The molecule has 3 rings (SSSR count). The second-order valence-corrected chi connectivity index (χ2v) is 6.55. The molecule has 1 amide bonds. The maximum atomic E-state index is 12.5. The predicted molar refractivity (Wildman–Crippen MR) is 84.0 cm³/mol. The summed E-state index contributed by atoms with van der Waals surface area (Å²) in [6.45, 7) is 5.14. The highest BCUT2D eigenvalue weighted by atomic mass is 16.2. The molecule has 0 saturated carbocycles. The molecular formula is C17H25N3O. The summed E-state index contributed by atoms with van der Waals surface area (Å²) in [7, 11) is 2.15. The third-order valence-corrected chi connectivity index (χ3v) is 4.83. The molecule has 2 N–H and O–H groups in total. The van der Waals surface area contributed by atoms with Gasteiger partial charge in [-0.05, 0) is 43.5 Å². The van der Waals surface area contributed by atoms with Crippen LogP contribution in [-0.2, 0) is 17.8 Å². The van der Waals surface area contributed by atoms with Crippen LogP contribution in [-0.4, -0.2) is 43.0 Å². The summed E-state index contributed by atoms with van der Waals surface area (Å²) in [6, 6.07) is 8.60. The molecule has 1 saturated heterocycles. The number of likely N-dealkylation sites (tertiary alicyclic amines) is 1. The van der Waals surface area contributed by atoms with Gasteiger partial charge in [0.25, 0.3) is 0 Å². The molecule has 1 aromatic carbocycles. The van der Waals surface area contributed by atoms with Crippen molar-refractivity contribution in [2.75, 3.05) is 20.1 Å². The zero-order valence-corrected chi connectivity index (χ0v) is 12.9. The Bertz CT molecular complexity index is 517. The lowest BCUT2D eigenvalue weighted by atomic mass is 9.92. The van der Waals surface area contributed by atoms with E-state index in [1.165, 1.54) is 11.1 Å². The molecule has 3 atom stereocenters. The fourth-order valence-electron chi connectivity index (χ4n) is 3.49. The molecule has 2 unspecified atom stereocenters. The number of fused-ring (bicyclic) bond motifs is 1. The van der Waals surface area contributed by atoms with Gasteiger partial charge in [0.15, 0.2) is 0 Å². The van der Waals surface area contributed by atoms with E-state index in [-0.39, 0.29) is 11.9 Å². The normalized spacial score (nSPS) is 29.7. The second kappa shape index (κ2) is 6.16. The quantitative estimate of drug-likeness (QED) is 0.858. The van der Waals surface area contributed by atoms with Crippen LogP contribution in [0.25, 0.3) is 0 Å². The first-order valence-electron chi connectivity index (χ1n) is 7.92. The van der Waals surface area contributed by atoms with Crippen molar-refractivity contribution in [1.82, 2.24) is 15.5 Å². The van der Waals surface area contributed by atoms with Gasteiger partial charge in [-0.3, -0.25) is 4.79 Å². The molecular weight excluding hydrogens is 262 g/mol. The van der Waals surface area contributed by atoms with Crippen LogP contribution in [0, 0.1) is 5.92 Å². The number of amides is 1. The summed E-state index contributed by atoms with van der Waals surface area (Å²) in [4.78, 5) is 14.9. The topological polar surface area (TPSA) is 44.4 Å². The molecule has 0 bridgehead atoms. The van der Waals surface area contributed by atoms with Crippen LogP contribution in [0.4, 0.5) is 0 Å². The predicted octanol–water partition coefficient (Wildman–Crippen LogP) is 1.16. The van der Waals surface area contributed by atoms with Gasteiger partial charge in [-0.2, -0.15) is 0 Å². The Morgan fingerprint density at radius 3 is 2.86 bits per heavy atom. The van der Waals surface area contributed by atoms with Crippen molar-refractivity contribution in [1.29, 1.82) is 0 Å². The Balaban J connectivity index is 1.59. The zero-order chi connectivity index (χ0) is 14.8. The average Bonchev–Trinajstić information content (AvgIpc) is 2.49. The Labute approximate surface area is 126 Å². The molecule has 21 heavy (non-hydrogen) atoms. The van der Waals surface area contributed by atoms with E-state index < -0.39 is 0 Å². The van der Waals surface area contributed by atoms with Crippen LogP contribution in [0.3, 0.4) is 0 Å². The molecule has 4 nitrogen and oxygen atoms in total. The minimum Gasteiger partial charge on any atom is -0.352 e. The average molecular weight is 287 g/mol. The number of hydrogen-bond acceptors (Lipinski definition) is 3. The molecule has 1 fully saturated rings. The number of hydrogen-bond donors (Lipinski definition) is 2. The monoisotopic (exact) mass is 287 g/mol. The Morgan fingerprint density at radius 2 is 2.10 bits per heavy atom. The fraction of sp³-hybridized carbons (Fsp3) is 0.588. The van der Waals surface area contributed by atoms with E-state index in [0.29, 0.717) is 12.0 Å². The minimum atomic E-state index is -0.0910. The van der Waals surface area contributed by atoms with Crippen molar-refractivity contribution in [3.63, 3.8) is 0 Å². The Kier molecular flexibility index (Phi) is 4.27. The van der Waals surface area contributed by atoms with Crippen molar-refractivity contribution in [2.24, 2.45) is 5.92 Å². The first-order chi connectivity index (χ1) is 10.1. The van der Waals surface area contributed by atoms with Gasteiger partial charge in [-0.25, -0.2) is 0 Å². The van der Waals surface area contributed by atoms with Gasteiger partial charge in [-0.1, -0.05) is 31.2 Å². The minimum absolute atomic E-state index is 0.0910. The van der Waals surface area contributed by atoms with Gasteiger partial charge in [0.2, 0.25) is 5.91 Å². The van der Waals surface area contributed by atoms with Gasteiger partial charge in [0.1, 0.15) is 0 Å². The van der Waals surface area contributed by atoms with Gasteiger partial charge in [0, 0.05) is 19.1 Å².